The Morgan fingerprint density at radius 3 is 3.07 bits per heavy atom. The van der Waals surface area contributed by atoms with Crippen molar-refractivity contribution in [3.05, 3.63) is 18.0 Å². The smallest absolute Gasteiger partial charge is 0.150 e. The van der Waals surface area contributed by atoms with Gasteiger partial charge in [0, 0.05) is 12.1 Å². The van der Waals surface area contributed by atoms with Gasteiger partial charge in [-0.1, -0.05) is 31.8 Å². The first-order chi connectivity index (χ1) is 7.27. The third kappa shape index (κ3) is 2.59. The fourth-order valence-corrected chi connectivity index (χ4v) is 2.44. The molecule has 1 aromatic rings. The van der Waals surface area contributed by atoms with Gasteiger partial charge in [0.05, 0.1) is 12.7 Å². The molecule has 0 aliphatic heterocycles. The summed E-state index contributed by atoms with van der Waals surface area (Å²) < 4.78 is 5.07. The second kappa shape index (κ2) is 4.79. The number of rotatable bonds is 3. The lowest BCUT2D eigenvalue weighted by atomic mass is 9.78. The van der Waals surface area contributed by atoms with Crippen LogP contribution >= 0.6 is 0 Å². The molecule has 1 aliphatic carbocycles. The average molecular weight is 208 g/mol. The minimum atomic E-state index is 0.638. The first kappa shape index (κ1) is 10.7. The van der Waals surface area contributed by atoms with Gasteiger partial charge in [0.15, 0.2) is 0 Å². The van der Waals surface area contributed by atoms with Crippen molar-refractivity contribution in [3.63, 3.8) is 0 Å². The van der Waals surface area contributed by atoms with Crippen LogP contribution in [0.15, 0.2) is 16.8 Å². The van der Waals surface area contributed by atoms with Crippen LogP contribution in [0.5, 0.6) is 0 Å². The largest absolute Gasteiger partial charge is 0.360 e. The Labute approximate surface area is 91.2 Å². The number of hydrogen-bond acceptors (Lipinski definition) is 3. The minimum absolute atomic E-state index is 0.638. The highest BCUT2D eigenvalue weighted by Gasteiger charge is 2.26. The first-order valence-electron chi connectivity index (χ1n) is 5.90. The van der Waals surface area contributed by atoms with E-state index in [9.17, 15) is 0 Å². The average Bonchev–Trinajstić information content (AvgIpc) is 2.73. The van der Waals surface area contributed by atoms with Crippen molar-refractivity contribution in [1.82, 2.24) is 10.5 Å². The van der Waals surface area contributed by atoms with E-state index in [0.717, 1.165) is 24.1 Å². The Hall–Kier alpha value is -0.830. The number of nitrogens with zero attached hydrogens (tertiary/aromatic N) is 1. The Bertz CT molecular complexity index is 284. The van der Waals surface area contributed by atoms with Crippen molar-refractivity contribution >= 4 is 0 Å². The van der Waals surface area contributed by atoms with Gasteiger partial charge in [0.25, 0.3) is 0 Å². The third-order valence-corrected chi connectivity index (χ3v) is 3.74. The zero-order chi connectivity index (χ0) is 10.7. The van der Waals surface area contributed by atoms with Gasteiger partial charge in [-0.2, -0.15) is 0 Å². The van der Waals surface area contributed by atoms with E-state index >= 15 is 0 Å². The maximum atomic E-state index is 5.07. The second-order valence-electron chi connectivity index (χ2n) is 4.73. The lowest BCUT2D eigenvalue weighted by molar-refractivity contribution is 0.201. The SMILES string of the molecule is CC1CCCC(NCc2ccno2)C1C. The van der Waals surface area contributed by atoms with Crippen LogP contribution in [0.25, 0.3) is 0 Å². The lowest BCUT2D eigenvalue weighted by Crippen LogP contribution is -2.40. The van der Waals surface area contributed by atoms with Crippen LogP contribution in [0, 0.1) is 11.8 Å². The molecule has 1 aromatic heterocycles. The summed E-state index contributed by atoms with van der Waals surface area (Å²) in [6, 6.07) is 2.56. The molecule has 0 saturated heterocycles. The van der Waals surface area contributed by atoms with Crippen LogP contribution in [0.1, 0.15) is 38.9 Å². The summed E-state index contributed by atoms with van der Waals surface area (Å²) in [4.78, 5) is 0. The maximum absolute atomic E-state index is 5.07. The summed E-state index contributed by atoms with van der Waals surface area (Å²) in [7, 11) is 0. The molecule has 3 atom stereocenters. The quantitative estimate of drug-likeness (QED) is 0.829. The molecule has 1 heterocycles. The van der Waals surface area contributed by atoms with Gasteiger partial charge in [0.1, 0.15) is 5.76 Å². The lowest BCUT2D eigenvalue weighted by Gasteiger charge is -2.34. The van der Waals surface area contributed by atoms with Crippen LogP contribution < -0.4 is 5.32 Å². The van der Waals surface area contributed by atoms with Gasteiger partial charge in [0.2, 0.25) is 0 Å². The van der Waals surface area contributed by atoms with Crippen LogP contribution in [0.4, 0.5) is 0 Å². The van der Waals surface area contributed by atoms with E-state index in [4.69, 9.17) is 4.52 Å². The van der Waals surface area contributed by atoms with Gasteiger partial charge in [-0.15, -0.1) is 0 Å². The predicted octanol–water partition coefficient (Wildman–Crippen LogP) is 2.59. The van der Waals surface area contributed by atoms with Crippen molar-refractivity contribution in [2.75, 3.05) is 0 Å². The van der Waals surface area contributed by atoms with Gasteiger partial charge < -0.3 is 9.84 Å². The number of nitrogens with one attached hydrogen (secondary N) is 1. The standard InChI is InChI=1S/C12H20N2O/c1-9-4-3-5-12(10(9)2)13-8-11-6-7-14-15-11/h6-7,9-10,12-13H,3-5,8H2,1-2H3. The summed E-state index contributed by atoms with van der Waals surface area (Å²) in [5.41, 5.74) is 0. The van der Waals surface area contributed by atoms with Gasteiger partial charge in [-0.25, -0.2) is 0 Å². The molecule has 0 amide bonds. The molecule has 1 aliphatic rings. The maximum Gasteiger partial charge on any atom is 0.150 e. The molecule has 0 bridgehead atoms. The van der Waals surface area contributed by atoms with Crippen molar-refractivity contribution in [2.24, 2.45) is 11.8 Å². The van der Waals surface area contributed by atoms with Crippen LogP contribution in [0.3, 0.4) is 0 Å². The van der Waals surface area contributed by atoms with Gasteiger partial charge >= 0.3 is 0 Å². The topological polar surface area (TPSA) is 38.1 Å². The first-order valence-corrected chi connectivity index (χ1v) is 5.90. The fraction of sp³-hybridized carbons (Fsp3) is 0.750. The second-order valence-corrected chi connectivity index (χ2v) is 4.73. The van der Waals surface area contributed by atoms with Crippen molar-refractivity contribution in [3.8, 4) is 0 Å². The van der Waals surface area contributed by atoms with E-state index in [1.165, 1.54) is 19.3 Å². The molecule has 0 spiro atoms. The highest BCUT2D eigenvalue weighted by atomic mass is 16.5. The minimum Gasteiger partial charge on any atom is -0.360 e. The number of hydrogen-bond donors (Lipinski definition) is 1. The van der Waals surface area contributed by atoms with E-state index in [2.05, 4.69) is 24.3 Å². The Balaban J connectivity index is 1.83. The Morgan fingerprint density at radius 2 is 2.33 bits per heavy atom. The summed E-state index contributed by atoms with van der Waals surface area (Å²) in [5, 5.41) is 7.28. The molecule has 1 fully saturated rings. The highest BCUT2D eigenvalue weighted by Crippen LogP contribution is 2.29. The van der Waals surface area contributed by atoms with E-state index in [0.29, 0.717) is 6.04 Å². The normalized spacial score (nSPS) is 31.7. The van der Waals surface area contributed by atoms with Crippen molar-refractivity contribution < 1.29 is 4.52 Å². The highest BCUT2D eigenvalue weighted by molar-refractivity contribution is 4.93. The Morgan fingerprint density at radius 1 is 1.47 bits per heavy atom. The number of aromatic nitrogens is 1. The van der Waals surface area contributed by atoms with Crippen LogP contribution in [0.2, 0.25) is 0 Å². The molecule has 2 rings (SSSR count). The van der Waals surface area contributed by atoms with Gasteiger partial charge in [-0.3, -0.25) is 0 Å². The summed E-state index contributed by atoms with van der Waals surface area (Å²) in [6.45, 7) is 5.51. The Kier molecular flexibility index (Phi) is 3.41. The third-order valence-electron chi connectivity index (χ3n) is 3.74. The van der Waals surface area contributed by atoms with Gasteiger partial charge in [-0.05, 0) is 18.3 Å². The van der Waals surface area contributed by atoms with E-state index in [1.54, 1.807) is 6.20 Å². The van der Waals surface area contributed by atoms with E-state index in [-0.39, 0.29) is 0 Å². The zero-order valence-corrected chi connectivity index (χ0v) is 9.57. The summed E-state index contributed by atoms with van der Waals surface area (Å²) >= 11 is 0. The molecule has 0 radical (unpaired) electrons. The summed E-state index contributed by atoms with van der Waals surface area (Å²) in [6.07, 6.45) is 5.71. The predicted molar refractivity (Wildman–Crippen MR) is 59.3 cm³/mol. The molecule has 84 valence electrons. The molecule has 15 heavy (non-hydrogen) atoms. The molecule has 3 nitrogen and oxygen atoms in total. The fourth-order valence-electron chi connectivity index (χ4n) is 2.44. The van der Waals surface area contributed by atoms with E-state index < -0.39 is 0 Å². The molecule has 3 unspecified atom stereocenters. The summed E-state index contributed by atoms with van der Waals surface area (Å²) in [5.74, 6) is 2.54. The molecule has 0 aromatic carbocycles. The molecule has 1 N–H and O–H groups in total. The van der Waals surface area contributed by atoms with Crippen LogP contribution in [-0.2, 0) is 6.54 Å². The van der Waals surface area contributed by atoms with Crippen molar-refractivity contribution in [2.45, 2.75) is 45.7 Å². The monoisotopic (exact) mass is 208 g/mol. The zero-order valence-electron chi connectivity index (χ0n) is 9.57. The molecule has 3 heteroatoms. The molecular weight excluding hydrogens is 188 g/mol. The molecular formula is C12H20N2O. The van der Waals surface area contributed by atoms with Crippen LogP contribution in [-0.4, -0.2) is 11.2 Å². The van der Waals surface area contributed by atoms with Crippen molar-refractivity contribution in [1.29, 1.82) is 0 Å². The molecule has 1 saturated carbocycles. The van der Waals surface area contributed by atoms with E-state index in [1.807, 2.05) is 6.07 Å².